The molecule has 0 aliphatic rings. The molecule has 0 saturated carbocycles. The summed E-state index contributed by atoms with van der Waals surface area (Å²) in [5, 5.41) is 15.1. The second-order valence-electron chi connectivity index (χ2n) is 7.41. The Kier molecular flexibility index (Phi) is 7.60. The highest BCUT2D eigenvalue weighted by molar-refractivity contribution is 6.12. The lowest BCUT2D eigenvalue weighted by Crippen LogP contribution is -2.15. The topological polar surface area (TPSA) is 86.8 Å². The van der Waals surface area contributed by atoms with Gasteiger partial charge in [-0.05, 0) is 55.0 Å². The van der Waals surface area contributed by atoms with Gasteiger partial charge in [-0.1, -0.05) is 49.9 Å². The van der Waals surface area contributed by atoms with Gasteiger partial charge in [0.1, 0.15) is 0 Å². The molecule has 1 heterocycles. The predicted molar refractivity (Wildman–Crippen MR) is 137 cm³/mol. The van der Waals surface area contributed by atoms with Crippen molar-refractivity contribution in [1.82, 2.24) is 10.3 Å². The van der Waals surface area contributed by atoms with Crippen LogP contribution < -0.4 is 16.4 Å². The van der Waals surface area contributed by atoms with Gasteiger partial charge in [-0.2, -0.15) is 0 Å². The molecule has 0 radical (unpaired) electrons. The third-order valence-electron chi connectivity index (χ3n) is 5.03. The zero-order chi connectivity index (χ0) is 22.9. The molecule has 3 rings (SSSR count). The summed E-state index contributed by atoms with van der Waals surface area (Å²) in [6.45, 7) is 11.0. The van der Waals surface area contributed by atoms with Crippen molar-refractivity contribution in [2.75, 3.05) is 17.6 Å². The molecule has 5 heteroatoms. The zero-order valence-electron chi connectivity index (χ0n) is 18.4. The van der Waals surface area contributed by atoms with Crippen LogP contribution >= 0.6 is 0 Å². The van der Waals surface area contributed by atoms with Crippen LogP contribution in [0.15, 0.2) is 91.7 Å². The number of nitrogen functional groups attached to an aromatic ring is 1. The summed E-state index contributed by atoms with van der Waals surface area (Å²) < 4.78 is 0. The average molecular weight is 424 g/mol. The Balaban J connectivity index is 1.73. The van der Waals surface area contributed by atoms with Gasteiger partial charge in [0.15, 0.2) is 0 Å². The molecular formula is C27H29N5. The van der Waals surface area contributed by atoms with Crippen LogP contribution in [-0.4, -0.2) is 17.2 Å². The number of nitrogens with zero attached hydrogens (tertiary/aromatic N) is 1. The van der Waals surface area contributed by atoms with Gasteiger partial charge in [-0.3, -0.25) is 4.98 Å². The second kappa shape index (κ2) is 10.8. The molecule has 5 N–H and O–H groups in total. The lowest BCUT2D eigenvalue weighted by Gasteiger charge is -2.17. The maximum atomic E-state index is 8.36. The van der Waals surface area contributed by atoms with Gasteiger partial charge in [-0.15, -0.1) is 0 Å². The standard InChI is InChI=1S/C27H29N5/c1-4-19(2)18-31-20(3)23-10-5-6-11-27(23)32-22-12-14-24(26(29)17-22)25(28)15-13-21-9-7-8-16-30-21/h5-17,28,31-32H,2-4,18,29H2,1H3/b15-13+,28-25?. The molecule has 5 nitrogen and oxygen atoms in total. The van der Waals surface area contributed by atoms with Crippen molar-refractivity contribution in [3.05, 3.63) is 108 Å². The Hall–Kier alpha value is -4.12. The molecule has 0 bridgehead atoms. The number of nitrogens with one attached hydrogen (secondary N) is 3. The maximum absolute atomic E-state index is 8.36. The molecule has 3 aromatic rings. The van der Waals surface area contributed by atoms with E-state index in [4.69, 9.17) is 11.1 Å². The van der Waals surface area contributed by atoms with Gasteiger partial charge in [0.25, 0.3) is 0 Å². The van der Waals surface area contributed by atoms with Crippen molar-refractivity contribution in [2.45, 2.75) is 13.3 Å². The molecule has 0 fully saturated rings. The highest BCUT2D eigenvalue weighted by Gasteiger charge is 2.09. The summed E-state index contributed by atoms with van der Waals surface area (Å²) in [6, 6.07) is 19.2. The van der Waals surface area contributed by atoms with E-state index >= 15 is 0 Å². The minimum atomic E-state index is 0.328. The average Bonchev–Trinajstić information content (AvgIpc) is 2.82. The Morgan fingerprint density at radius 2 is 1.84 bits per heavy atom. The van der Waals surface area contributed by atoms with Crippen LogP contribution in [0.5, 0.6) is 0 Å². The number of benzene rings is 2. The third kappa shape index (κ3) is 5.95. The van der Waals surface area contributed by atoms with Crippen molar-refractivity contribution in [3.63, 3.8) is 0 Å². The molecule has 32 heavy (non-hydrogen) atoms. The Morgan fingerprint density at radius 1 is 1.06 bits per heavy atom. The Labute approximate surface area is 189 Å². The zero-order valence-corrected chi connectivity index (χ0v) is 18.4. The van der Waals surface area contributed by atoms with E-state index in [1.165, 1.54) is 0 Å². The van der Waals surface area contributed by atoms with Crippen molar-refractivity contribution < 1.29 is 0 Å². The number of aromatic nitrogens is 1. The van der Waals surface area contributed by atoms with Crippen molar-refractivity contribution in [2.24, 2.45) is 0 Å². The minimum absolute atomic E-state index is 0.328. The molecule has 0 saturated heterocycles. The number of nitrogens with two attached hydrogens (primary N) is 1. The lowest BCUT2D eigenvalue weighted by molar-refractivity contribution is 0.910. The number of anilines is 3. The van der Waals surface area contributed by atoms with E-state index in [9.17, 15) is 0 Å². The molecule has 0 unspecified atom stereocenters. The smallest absolute Gasteiger partial charge is 0.0633 e. The van der Waals surface area contributed by atoms with E-state index in [1.807, 2.05) is 60.7 Å². The van der Waals surface area contributed by atoms with Gasteiger partial charge in [0.2, 0.25) is 0 Å². The van der Waals surface area contributed by atoms with E-state index in [2.05, 4.69) is 35.7 Å². The van der Waals surface area contributed by atoms with E-state index in [-0.39, 0.29) is 0 Å². The molecule has 0 spiro atoms. The van der Waals surface area contributed by atoms with E-state index in [1.54, 1.807) is 18.3 Å². The van der Waals surface area contributed by atoms with Crippen LogP contribution in [-0.2, 0) is 0 Å². The number of rotatable bonds is 10. The van der Waals surface area contributed by atoms with E-state index in [0.717, 1.165) is 40.3 Å². The fraction of sp³-hybridized carbons (Fsp3) is 0.111. The quantitative estimate of drug-likeness (QED) is 0.183. The normalized spacial score (nSPS) is 10.7. The molecule has 0 amide bonds. The highest BCUT2D eigenvalue weighted by atomic mass is 14.9. The lowest BCUT2D eigenvalue weighted by atomic mass is 10.1. The summed E-state index contributed by atoms with van der Waals surface area (Å²) in [5.41, 5.74) is 13.3. The van der Waals surface area contributed by atoms with Crippen LogP contribution in [0.4, 0.5) is 17.1 Å². The number of allylic oxidation sites excluding steroid dienone is 1. The first-order valence-corrected chi connectivity index (χ1v) is 10.5. The Bertz CT molecular complexity index is 1150. The highest BCUT2D eigenvalue weighted by Crippen LogP contribution is 2.27. The first-order chi connectivity index (χ1) is 15.5. The van der Waals surface area contributed by atoms with Crippen LogP contribution in [0.2, 0.25) is 0 Å². The summed E-state index contributed by atoms with van der Waals surface area (Å²) in [7, 11) is 0. The maximum Gasteiger partial charge on any atom is 0.0633 e. The van der Waals surface area contributed by atoms with E-state index < -0.39 is 0 Å². The largest absolute Gasteiger partial charge is 0.398 e. The van der Waals surface area contributed by atoms with Crippen LogP contribution in [0, 0.1) is 5.41 Å². The molecule has 2 aromatic carbocycles. The molecule has 1 aromatic heterocycles. The SMILES string of the molecule is C=C(CC)CNC(=C)c1ccccc1Nc1ccc(C(=N)/C=C/c2ccccn2)c(N)c1. The first kappa shape index (κ1) is 22.6. The van der Waals surface area contributed by atoms with Gasteiger partial charge < -0.3 is 21.8 Å². The number of hydrogen-bond donors (Lipinski definition) is 4. The van der Waals surface area contributed by atoms with Gasteiger partial charge in [0.05, 0.1) is 11.4 Å². The van der Waals surface area contributed by atoms with Crippen LogP contribution in [0.1, 0.15) is 30.2 Å². The number of pyridine rings is 1. The minimum Gasteiger partial charge on any atom is -0.398 e. The predicted octanol–water partition coefficient (Wildman–Crippen LogP) is 6.02. The molecular weight excluding hydrogens is 394 g/mol. The van der Waals surface area contributed by atoms with E-state index in [0.29, 0.717) is 23.5 Å². The Morgan fingerprint density at radius 3 is 2.56 bits per heavy atom. The molecule has 162 valence electrons. The van der Waals surface area contributed by atoms with Crippen molar-refractivity contribution in [1.29, 1.82) is 5.41 Å². The summed E-state index contributed by atoms with van der Waals surface area (Å²) >= 11 is 0. The molecule has 0 aliphatic carbocycles. The van der Waals surface area contributed by atoms with Crippen LogP contribution in [0.25, 0.3) is 11.8 Å². The summed E-state index contributed by atoms with van der Waals surface area (Å²) in [4.78, 5) is 4.24. The van der Waals surface area contributed by atoms with Crippen LogP contribution in [0.3, 0.4) is 0 Å². The van der Waals surface area contributed by atoms with Gasteiger partial charge in [-0.25, -0.2) is 0 Å². The fourth-order valence-electron chi connectivity index (χ4n) is 3.08. The first-order valence-electron chi connectivity index (χ1n) is 10.5. The molecule has 0 aliphatic heterocycles. The molecule has 0 atom stereocenters. The van der Waals surface area contributed by atoms with Crippen molar-refractivity contribution >= 4 is 34.5 Å². The third-order valence-corrected chi connectivity index (χ3v) is 5.03. The fourth-order valence-corrected chi connectivity index (χ4v) is 3.08. The van der Waals surface area contributed by atoms with Gasteiger partial charge in [0, 0.05) is 46.6 Å². The second-order valence-corrected chi connectivity index (χ2v) is 7.41. The van der Waals surface area contributed by atoms with Crippen molar-refractivity contribution in [3.8, 4) is 0 Å². The summed E-state index contributed by atoms with van der Waals surface area (Å²) in [6.07, 6.45) is 6.16. The monoisotopic (exact) mass is 423 g/mol. The van der Waals surface area contributed by atoms with Gasteiger partial charge >= 0.3 is 0 Å². The summed E-state index contributed by atoms with van der Waals surface area (Å²) in [5.74, 6) is 0. The number of para-hydroxylation sites is 1. The number of hydrogen-bond acceptors (Lipinski definition) is 5.